The molecule has 0 aromatic carbocycles. The van der Waals surface area contributed by atoms with E-state index >= 15 is 0 Å². The van der Waals surface area contributed by atoms with Crippen molar-refractivity contribution in [1.29, 1.82) is 0 Å². The maximum absolute atomic E-state index is 5.53. The van der Waals surface area contributed by atoms with Gasteiger partial charge in [-0.1, -0.05) is 13.3 Å². The van der Waals surface area contributed by atoms with E-state index in [1.165, 1.54) is 32.1 Å². The molecule has 2 fully saturated rings. The molecular formula is C13H26O3Si. The molecule has 2 aliphatic carbocycles. The van der Waals surface area contributed by atoms with Crippen molar-refractivity contribution in [2.75, 3.05) is 21.3 Å². The van der Waals surface area contributed by atoms with Crippen molar-refractivity contribution < 1.29 is 13.3 Å². The Morgan fingerprint density at radius 3 is 2.24 bits per heavy atom. The van der Waals surface area contributed by atoms with Gasteiger partial charge in [-0.2, -0.15) is 0 Å². The van der Waals surface area contributed by atoms with Gasteiger partial charge in [0.1, 0.15) is 0 Å². The van der Waals surface area contributed by atoms with Crippen LogP contribution in [0.25, 0.3) is 0 Å². The highest BCUT2D eigenvalue weighted by molar-refractivity contribution is 6.62. The molecule has 0 radical (unpaired) electrons. The van der Waals surface area contributed by atoms with E-state index in [0.717, 1.165) is 17.8 Å². The third-order valence-electron chi connectivity index (χ3n) is 5.12. The molecule has 0 aliphatic heterocycles. The quantitative estimate of drug-likeness (QED) is 0.626. The van der Waals surface area contributed by atoms with E-state index in [1.807, 2.05) is 0 Å². The van der Waals surface area contributed by atoms with Crippen LogP contribution < -0.4 is 0 Å². The van der Waals surface area contributed by atoms with Gasteiger partial charge in [-0.3, -0.25) is 0 Å². The van der Waals surface area contributed by atoms with Crippen molar-refractivity contribution in [2.24, 2.45) is 11.3 Å². The summed E-state index contributed by atoms with van der Waals surface area (Å²) in [7, 11) is 2.72. The Kier molecular flexibility index (Phi) is 3.98. The van der Waals surface area contributed by atoms with Gasteiger partial charge >= 0.3 is 8.80 Å². The average Bonchev–Trinajstić information content (AvgIpc) is 2.85. The number of fused-ring (bicyclic) bond motifs is 1. The monoisotopic (exact) mass is 258 g/mol. The molecule has 3 nitrogen and oxygen atoms in total. The first-order valence-electron chi connectivity index (χ1n) is 6.78. The van der Waals surface area contributed by atoms with Crippen LogP contribution in [0.3, 0.4) is 0 Å². The van der Waals surface area contributed by atoms with E-state index in [0.29, 0.717) is 5.54 Å². The summed E-state index contributed by atoms with van der Waals surface area (Å²) in [5.74, 6) is 1.09. The van der Waals surface area contributed by atoms with Crippen LogP contribution in [0.2, 0.25) is 5.54 Å². The van der Waals surface area contributed by atoms with E-state index in [1.54, 1.807) is 21.3 Å². The second-order valence-electron chi connectivity index (χ2n) is 5.81. The Bertz CT molecular complexity index is 255. The van der Waals surface area contributed by atoms with E-state index in [-0.39, 0.29) is 0 Å². The Morgan fingerprint density at radius 1 is 1.24 bits per heavy atom. The smallest absolute Gasteiger partial charge is 0.377 e. The lowest BCUT2D eigenvalue weighted by atomic mass is 9.81. The molecule has 0 aromatic rings. The Labute approximate surface area is 106 Å². The van der Waals surface area contributed by atoms with Gasteiger partial charge in [0.25, 0.3) is 0 Å². The minimum atomic E-state index is -2.40. The van der Waals surface area contributed by atoms with Crippen LogP contribution in [0, 0.1) is 11.3 Å². The predicted molar refractivity (Wildman–Crippen MR) is 69.8 cm³/mol. The third-order valence-corrected chi connectivity index (χ3v) is 8.32. The second-order valence-corrected chi connectivity index (χ2v) is 9.23. The first-order chi connectivity index (χ1) is 8.12. The molecular weight excluding hydrogens is 232 g/mol. The summed E-state index contributed by atoms with van der Waals surface area (Å²) < 4.78 is 16.6. The van der Waals surface area contributed by atoms with Crippen LogP contribution >= 0.6 is 0 Å². The van der Waals surface area contributed by atoms with Crippen LogP contribution in [-0.2, 0) is 13.3 Å². The zero-order valence-electron chi connectivity index (χ0n) is 11.6. The van der Waals surface area contributed by atoms with Gasteiger partial charge in [-0.05, 0) is 43.4 Å². The summed E-state index contributed by atoms with van der Waals surface area (Å²) >= 11 is 0. The van der Waals surface area contributed by atoms with Crippen molar-refractivity contribution in [1.82, 2.24) is 0 Å². The molecule has 0 amide bonds. The fraction of sp³-hybridized carbons (Fsp3) is 1.00. The van der Waals surface area contributed by atoms with Crippen molar-refractivity contribution in [3.05, 3.63) is 0 Å². The van der Waals surface area contributed by atoms with E-state index in [2.05, 4.69) is 6.92 Å². The lowest BCUT2D eigenvalue weighted by Crippen LogP contribution is -2.46. The van der Waals surface area contributed by atoms with Crippen LogP contribution in [0.4, 0.5) is 0 Å². The largest absolute Gasteiger partial charge is 0.503 e. The normalized spacial score (nSPS) is 32.8. The molecule has 0 heterocycles. The fourth-order valence-electron chi connectivity index (χ4n) is 3.61. The molecule has 3 unspecified atom stereocenters. The molecule has 0 spiro atoms. The maximum Gasteiger partial charge on any atom is 0.503 e. The molecule has 3 atom stereocenters. The topological polar surface area (TPSA) is 27.7 Å². The number of hydrogen-bond acceptors (Lipinski definition) is 3. The molecule has 2 rings (SSSR count). The van der Waals surface area contributed by atoms with E-state index in [9.17, 15) is 0 Å². The second kappa shape index (κ2) is 5.00. The summed E-state index contributed by atoms with van der Waals surface area (Å²) in [6, 6.07) is 0. The fourth-order valence-corrected chi connectivity index (χ4v) is 5.88. The van der Waals surface area contributed by atoms with E-state index in [4.69, 9.17) is 13.3 Å². The number of hydrogen-bond donors (Lipinski definition) is 0. The number of rotatable bonds is 8. The lowest BCUT2D eigenvalue weighted by molar-refractivity contribution is 0.110. The van der Waals surface area contributed by atoms with Gasteiger partial charge in [0.05, 0.1) is 0 Å². The minimum Gasteiger partial charge on any atom is -0.377 e. The van der Waals surface area contributed by atoms with Gasteiger partial charge in [0.15, 0.2) is 0 Å². The lowest BCUT2D eigenvalue weighted by Gasteiger charge is -2.31. The summed E-state index contributed by atoms with van der Waals surface area (Å²) in [5.41, 5.74) is 1.19. The van der Waals surface area contributed by atoms with Gasteiger partial charge in [-0.15, -0.1) is 0 Å². The summed E-state index contributed by atoms with van der Waals surface area (Å²) in [6.45, 7) is 2.20. The van der Waals surface area contributed by atoms with Crippen molar-refractivity contribution in [3.63, 3.8) is 0 Å². The molecule has 0 saturated heterocycles. The SMILES string of the molecule is CO[Si](OC)(OC)C(C)CCCC12CCC1C2. The first kappa shape index (κ1) is 13.5. The zero-order chi connectivity index (χ0) is 12.5. The van der Waals surface area contributed by atoms with Crippen LogP contribution in [0.1, 0.15) is 45.4 Å². The zero-order valence-corrected chi connectivity index (χ0v) is 12.6. The third kappa shape index (κ3) is 2.32. The minimum absolute atomic E-state index is 0.399. The Hall–Kier alpha value is 0.0969. The molecule has 0 N–H and O–H groups in total. The van der Waals surface area contributed by atoms with Crippen LogP contribution in [0.5, 0.6) is 0 Å². The molecule has 100 valence electrons. The maximum atomic E-state index is 5.53. The van der Waals surface area contributed by atoms with Crippen LogP contribution in [0.15, 0.2) is 0 Å². The summed E-state index contributed by atoms with van der Waals surface area (Å²) in [6.07, 6.45) is 8.33. The highest BCUT2D eigenvalue weighted by atomic mass is 28.4. The molecule has 0 bridgehead atoms. The Balaban J connectivity index is 1.73. The van der Waals surface area contributed by atoms with Crippen molar-refractivity contribution >= 4 is 8.80 Å². The highest BCUT2D eigenvalue weighted by Crippen LogP contribution is 2.70. The molecule has 4 heteroatoms. The summed E-state index contributed by atoms with van der Waals surface area (Å²) in [4.78, 5) is 0. The van der Waals surface area contributed by atoms with Crippen molar-refractivity contribution in [2.45, 2.75) is 51.0 Å². The Morgan fingerprint density at radius 2 is 1.88 bits per heavy atom. The standard InChI is InChI=1S/C13H26O3Si/c1-11(17(14-2,15-3)16-4)6-5-8-13-9-7-12(13)10-13/h11-12H,5-10H2,1-4H3. The van der Waals surface area contributed by atoms with Crippen LogP contribution in [-0.4, -0.2) is 30.1 Å². The van der Waals surface area contributed by atoms with Gasteiger partial charge in [0.2, 0.25) is 0 Å². The van der Waals surface area contributed by atoms with Gasteiger partial charge in [-0.25, -0.2) is 0 Å². The predicted octanol–water partition coefficient (Wildman–Crippen LogP) is 3.23. The molecule has 2 aliphatic rings. The summed E-state index contributed by atoms with van der Waals surface area (Å²) in [5, 5.41) is 0. The highest BCUT2D eigenvalue weighted by Gasteiger charge is 2.59. The molecule has 2 saturated carbocycles. The van der Waals surface area contributed by atoms with Gasteiger partial charge < -0.3 is 13.3 Å². The average molecular weight is 258 g/mol. The molecule has 0 aromatic heterocycles. The van der Waals surface area contributed by atoms with E-state index < -0.39 is 8.80 Å². The van der Waals surface area contributed by atoms with Gasteiger partial charge in [0, 0.05) is 26.9 Å². The van der Waals surface area contributed by atoms with Crippen molar-refractivity contribution in [3.8, 4) is 0 Å². The first-order valence-corrected chi connectivity index (χ1v) is 8.58. The molecule has 17 heavy (non-hydrogen) atoms.